The number of benzene rings is 1. The molecule has 1 aromatic carbocycles. The van der Waals surface area contributed by atoms with E-state index in [0.29, 0.717) is 32.1 Å². The lowest BCUT2D eigenvalue weighted by atomic mass is 10.0. The lowest BCUT2D eigenvalue weighted by molar-refractivity contribution is -0.116. The number of amides is 1. The Morgan fingerprint density at radius 1 is 1.31 bits per heavy atom. The van der Waals surface area contributed by atoms with E-state index in [1.807, 2.05) is 32.0 Å². The van der Waals surface area contributed by atoms with E-state index in [0.717, 1.165) is 23.4 Å². The Bertz CT molecular complexity index is 635. The first kappa shape index (κ1) is 22.5. The SMILES string of the molecule is CN=C(NCCOc1ccc2c(c1)CCC(=O)N2)NCC(C)(C)OC.I. The first-order valence-corrected chi connectivity index (χ1v) is 8.49. The quantitative estimate of drug-likeness (QED) is 0.243. The summed E-state index contributed by atoms with van der Waals surface area (Å²) in [6.45, 7) is 5.81. The summed E-state index contributed by atoms with van der Waals surface area (Å²) in [7, 11) is 3.42. The van der Waals surface area contributed by atoms with E-state index in [4.69, 9.17) is 9.47 Å². The molecule has 7 nitrogen and oxygen atoms in total. The van der Waals surface area contributed by atoms with Gasteiger partial charge in [0.1, 0.15) is 12.4 Å². The van der Waals surface area contributed by atoms with Crippen LogP contribution in [0.1, 0.15) is 25.8 Å². The van der Waals surface area contributed by atoms with Crippen LogP contribution in [0.4, 0.5) is 5.69 Å². The van der Waals surface area contributed by atoms with Gasteiger partial charge in [-0.3, -0.25) is 9.79 Å². The van der Waals surface area contributed by atoms with Gasteiger partial charge in [0, 0.05) is 32.8 Å². The van der Waals surface area contributed by atoms with Crippen molar-refractivity contribution in [1.82, 2.24) is 10.6 Å². The van der Waals surface area contributed by atoms with Crippen LogP contribution in [0.5, 0.6) is 5.75 Å². The molecule has 26 heavy (non-hydrogen) atoms. The fourth-order valence-corrected chi connectivity index (χ4v) is 2.38. The summed E-state index contributed by atoms with van der Waals surface area (Å²) >= 11 is 0. The number of carbonyl (C=O) groups is 1. The highest BCUT2D eigenvalue weighted by atomic mass is 127. The van der Waals surface area contributed by atoms with Crippen LogP contribution >= 0.6 is 24.0 Å². The number of anilines is 1. The topological polar surface area (TPSA) is 84.0 Å². The maximum Gasteiger partial charge on any atom is 0.224 e. The molecule has 0 saturated carbocycles. The number of aryl methyl sites for hydroxylation is 1. The highest BCUT2D eigenvalue weighted by molar-refractivity contribution is 14.0. The first-order valence-electron chi connectivity index (χ1n) is 8.49. The summed E-state index contributed by atoms with van der Waals surface area (Å²) in [5, 5.41) is 9.30. The Morgan fingerprint density at radius 2 is 2.08 bits per heavy atom. The van der Waals surface area contributed by atoms with Crippen molar-refractivity contribution in [2.45, 2.75) is 32.3 Å². The third kappa shape index (κ3) is 6.99. The number of methoxy groups -OCH3 is 1. The van der Waals surface area contributed by atoms with Crippen molar-refractivity contribution in [3.63, 3.8) is 0 Å². The number of hydrogen-bond acceptors (Lipinski definition) is 4. The predicted octanol–water partition coefficient (Wildman–Crippen LogP) is 2.16. The molecule has 0 aromatic heterocycles. The Kier molecular flexibility index (Phi) is 9.14. The van der Waals surface area contributed by atoms with Gasteiger partial charge in [-0.15, -0.1) is 24.0 Å². The summed E-state index contributed by atoms with van der Waals surface area (Å²) < 4.78 is 11.1. The van der Waals surface area contributed by atoms with Crippen LogP contribution in [0.25, 0.3) is 0 Å². The number of fused-ring (bicyclic) bond motifs is 1. The van der Waals surface area contributed by atoms with Crippen LogP contribution in [-0.4, -0.2) is 51.3 Å². The molecule has 0 spiro atoms. The molecule has 1 aliphatic heterocycles. The summed E-state index contributed by atoms with van der Waals surface area (Å²) in [6.07, 6.45) is 1.28. The van der Waals surface area contributed by atoms with Crippen LogP contribution in [0.15, 0.2) is 23.2 Å². The van der Waals surface area contributed by atoms with Gasteiger partial charge in [0.25, 0.3) is 0 Å². The van der Waals surface area contributed by atoms with Gasteiger partial charge in [-0.05, 0) is 44.0 Å². The number of hydrogen-bond donors (Lipinski definition) is 3. The zero-order chi connectivity index (χ0) is 18.3. The van der Waals surface area contributed by atoms with E-state index >= 15 is 0 Å². The van der Waals surface area contributed by atoms with Crippen molar-refractivity contribution < 1.29 is 14.3 Å². The zero-order valence-electron chi connectivity index (χ0n) is 15.8. The second-order valence-corrected chi connectivity index (χ2v) is 6.53. The third-order valence-electron chi connectivity index (χ3n) is 4.09. The average Bonchev–Trinajstić information content (AvgIpc) is 2.61. The van der Waals surface area contributed by atoms with Crippen molar-refractivity contribution >= 4 is 41.5 Å². The summed E-state index contributed by atoms with van der Waals surface area (Å²) in [4.78, 5) is 15.6. The molecule has 1 aliphatic rings. The molecule has 0 unspecified atom stereocenters. The Balaban J connectivity index is 0.00000338. The van der Waals surface area contributed by atoms with Gasteiger partial charge in [-0.1, -0.05) is 0 Å². The summed E-state index contributed by atoms with van der Waals surface area (Å²) in [5.74, 6) is 1.59. The maximum absolute atomic E-state index is 11.4. The van der Waals surface area contributed by atoms with Gasteiger partial charge in [0.2, 0.25) is 5.91 Å². The number of guanidine groups is 1. The number of nitrogens with one attached hydrogen (secondary N) is 3. The van der Waals surface area contributed by atoms with E-state index in [-0.39, 0.29) is 35.5 Å². The van der Waals surface area contributed by atoms with Gasteiger partial charge in [-0.2, -0.15) is 0 Å². The molecule has 0 aliphatic carbocycles. The van der Waals surface area contributed by atoms with Gasteiger partial charge in [-0.25, -0.2) is 0 Å². The number of carbonyl (C=O) groups excluding carboxylic acids is 1. The monoisotopic (exact) mass is 476 g/mol. The van der Waals surface area contributed by atoms with Gasteiger partial charge < -0.3 is 25.4 Å². The molecule has 3 N–H and O–H groups in total. The standard InChI is InChI=1S/C18H28N4O3.HI/c1-18(2,24-4)12-21-17(19-3)20-9-10-25-14-6-7-15-13(11-14)5-8-16(23)22-15;/h6-7,11H,5,8-10,12H2,1-4H3,(H,22,23)(H2,19,20,21);1H. The smallest absolute Gasteiger partial charge is 0.224 e. The molecule has 0 fully saturated rings. The second kappa shape index (κ2) is 10.6. The minimum absolute atomic E-state index is 0. The normalized spacial score (nSPS) is 14.0. The third-order valence-corrected chi connectivity index (χ3v) is 4.09. The number of rotatable bonds is 7. The Hall–Kier alpha value is -1.55. The van der Waals surface area contributed by atoms with E-state index in [1.165, 1.54) is 0 Å². The number of aliphatic imine (C=N–C) groups is 1. The van der Waals surface area contributed by atoms with E-state index in [9.17, 15) is 4.79 Å². The Labute approximate surface area is 172 Å². The van der Waals surface area contributed by atoms with Crippen LogP contribution in [0, 0.1) is 0 Å². The van der Waals surface area contributed by atoms with Gasteiger partial charge >= 0.3 is 0 Å². The first-order chi connectivity index (χ1) is 11.9. The van der Waals surface area contributed by atoms with Crippen LogP contribution in [0.2, 0.25) is 0 Å². The van der Waals surface area contributed by atoms with Crippen molar-refractivity contribution in [2.75, 3.05) is 39.2 Å². The molecule has 1 amide bonds. The van der Waals surface area contributed by atoms with E-state index < -0.39 is 0 Å². The van der Waals surface area contributed by atoms with Crippen LogP contribution in [0.3, 0.4) is 0 Å². The molecule has 0 atom stereocenters. The Morgan fingerprint density at radius 3 is 2.77 bits per heavy atom. The molecule has 1 aromatic rings. The molecule has 1 heterocycles. The minimum Gasteiger partial charge on any atom is -0.492 e. The molecule has 0 saturated heterocycles. The maximum atomic E-state index is 11.4. The van der Waals surface area contributed by atoms with Crippen molar-refractivity contribution in [3.05, 3.63) is 23.8 Å². The highest BCUT2D eigenvalue weighted by Gasteiger charge is 2.17. The second-order valence-electron chi connectivity index (χ2n) is 6.53. The van der Waals surface area contributed by atoms with Crippen LogP contribution < -0.4 is 20.7 Å². The van der Waals surface area contributed by atoms with E-state index in [2.05, 4.69) is 20.9 Å². The predicted molar refractivity (Wildman–Crippen MR) is 115 cm³/mol. The number of ether oxygens (including phenoxy) is 2. The van der Waals surface area contributed by atoms with Crippen molar-refractivity contribution in [3.8, 4) is 5.75 Å². The highest BCUT2D eigenvalue weighted by Crippen LogP contribution is 2.26. The molecule has 0 bridgehead atoms. The molecular weight excluding hydrogens is 447 g/mol. The summed E-state index contributed by atoms with van der Waals surface area (Å²) in [6, 6.07) is 5.75. The van der Waals surface area contributed by atoms with Gasteiger partial charge in [0.05, 0.1) is 12.1 Å². The lowest BCUT2D eigenvalue weighted by Gasteiger charge is -2.24. The molecule has 146 valence electrons. The number of nitrogens with zero attached hydrogens (tertiary/aromatic N) is 1. The van der Waals surface area contributed by atoms with Crippen molar-refractivity contribution in [1.29, 1.82) is 0 Å². The largest absolute Gasteiger partial charge is 0.492 e. The van der Waals surface area contributed by atoms with Crippen molar-refractivity contribution in [2.24, 2.45) is 4.99 Å². The lowest BCUT2D eigenvalue weighted by Crippen LogP contribution is -2.46. The zero-order valence-corrected chi connectivity index (χ0v) is 18.2. The fourth-order valence-electron chi connectivity index (χ4n) is 2.38. The van der Waals surface area contributed by atoms with E-state index in [1.54, 1.807) is 14.2 Å². The molecule has 0 radical (unpaired) electrons. The molecule has 8 heteroatoms. The average molecular weight is 476 g/mol. The fraction of sp³-hybridized carbons (Fsp3) is 0.556. The minimum atomic E-state index is -0.257. The number of halogens is 1. The van der Waals surface area contributed by atoms with Crippen LogP contribution in [-0.2, 0) is 16.0 Å². The molecular formula is C18H29IN4O3. The molecule has 2 rings (SSSR count). The summed E-state index contributed by atoms with van der Waals surface area (Å²) in [5.41, 5.74) is 1.74. The van der Waals surface area contributed by atoms with Gasteiger partial charge in [0.15, 0.2) is 5.96 Å².